The molecule has 2 amide bonds. The third-order valence-corrected chi connectivity index (χ3v) is 4.66. The molecular formula is C20H21ClN4O2. The molecule has 0 bridgehead atoms. The van der Waals surface area contributed by atoms with Gasteiger partial charge in [-0.1, -0.05) is 30.7 Å². The van der Waals surface area contributed by atoms with Crippen LogP contribution in [0.4, 0.5) is 10.5 Å². The fourth-order valence-electron chi connectivity index (χ4n) is 2.90. The molecule has 1 aromatic heterocycles. The first-order valence-electron chi connectivity index (χ1n) is 8.71. The Morgan fingerprint density at radius 1 is 1.22 bits per heavy atom. The lowest BCUT2D eigenvalue weighted by atomic mass is 10.1. The number of urea groups is 1. The van der Waals surface area contributed by atoms with Gasteiger partial charge in [0, 0.05) is 17.8 Å². The number of amides is 2. The van der Waals surface area contributed by atoms with Gasteiger partial charge in [0.05, 0.1) is 16.9 Å². The number of aryl methyl sites for hydroxylation is 1. The van der Waals surface area contributed by atoms with Gasteiger partial charge in [-0.05, 0) is 49.2 Å². The fraction of sp³-hybridized carbons (Fsp3) is 0.250. The predicted molar refractivity (Wildman–Crippen MR) is 108 cm³/mol. The van der Waals surface area contributed by atoms with Crippen LogP contribution in [-0.4, -0.2) is 15.6 Å². The van der Waals surface area contributed by atoms with E-state index in [0.717, 1.165) is 6.42 Å². The van der Waals surface area contributed by atoms with Gasteiger partial charge >= 0.3 is 6.03 Å². The van der Waals surface area contributed by atoms with E-state index in [1.165, 1.54) is 10.1 Å². The second-order valence-electron chi connectivity index (χ2n) is 6.37. The Morgan fingerprint density at radius 2 is 1.93 bits per heavy atom. The first-order chi connectivity index (χ1) is 12.9. The summed E-state index contributed by atoms with van der Waals surface area (Å²) in [6.07, 6.45) is 0.940. The predicted octanol–water partition coefficient (Wildman–Crippen LogP) is 4.03. The highest BCUT2D eigenvalue weighted by atomic mass is 35.5. The van der Waals surface area contributed by atoms with Crippen molar-refractivity contribution in [3.63, 3.8) is 0 Å². The Kier molecular flexibility index (Phi) is 5.46. The van der Waals surface area contributed by atoms with Crippen LogP contribution in [0, 0.1) is 0 Å². The number of anilines is 1. The molecule has 3 rings (SSSR count). The SMILES string of the molecule is CCc1ccc(NC(=O)NC(C)c2nc3cc(Cl)ccc3c(=O)n2C)cc1. The first-order valence-corrected chi connectivity index (χ1v) is 9.09. The molecule has 1 atom stereocenters. The number of benzene rings is 2. The van der Waals surface area contributed by atoms with E-state index in [1.807, 2.05) is 24.3 Å². The van der Waals surface area contributed by atoms with Crippen molar-refractivity contribution in [1.82, 2.24) is 14.9 Å². The monoisotopic (exact) mass is 384 g/mol. The van der Waals surface area contributed by atoms with Crippen LogP contribution in [0.5, 0.6) is 0 Å². The molecule has 0 saturated heterocycles. The van der Waals surface area contributed by atoms with Gasteiger partial charge in [-0.2, -0.15) is 0 Å². The highest BCUT2D eigenvalue weighted by Crippen LogP contribution is 2.18. The summed E-state index contributed by atoms with van der Waals surface area (Å²) in [5, 5.41) is 6.59. The minimum Gasteiger partial charge on any atom is -0.328 e. The fourth-order valence-corrected chi connectivity index (χ4v) is 3.07. The van der Waals surface area contributed by atoms with Crippen molar-refractivity contribution < 1.29 is 4.79 Å². The number of carbonyl (C=O) groups is 1. The lowest BCUT2D eigenvalue weighted by molar-refractivity contribution is 0.248. The molecular weight excluding hydrogens is 364 g/mol. The number of rotatable bonds is 4. The molecule has 0 saturated carbocycles. The van der Waals surface area contributed by atoms with Crippen molar-refractivity contribution in [2.24, 2.45) is 7.05 Å². The molecule has 140 valence electrons. The lowest BCUT2D eigenvalue weighted by Crippen LogP contribution is -2.35. The maximum absolute atomic E-state index is 12.6. The van der Waals surface area contributed by atoms with Gasteiger partial charge in [0.1, 0.15) is 5.82 Å². The van der Waals surface area contributed by atoms with Crippen molar-refractivity contribution in [3.05, 3.63) is 69.2 Å². The Balaban J connectivity index is 1.80. The molecule has 27 heavy (non-hydrogen) atoms. The van der Waals surface area contributed by atoms with Gasteiger partial charge in [-0.15, -0.1) is 0 Å². The molecule has 0 radical (unpaired) electrons. The zero-order valence-corrected chi connectivity index (χ0v) is 16.2. The van der Waals surface area contributed by atoms with Crippen LogP contribution < -0.4 is 16.2 Å². The largest absolute Gasteiger partial charge is 0.328 e. The Bertz CT molecular complexity index is 1040. The van der Waals surface area contributed by atoms with Crippen LogP contribution >= 0.6 is 11.6 Å². The van der Waals surface area contributed by atoms with Gasteiger partial charge in [-0.3, -0.25) is 9.36 Å². The van der Waals surface area contributed by atoms with Crippen LogP contribution in [-0.2, 0) is 13.5 Å². The smallest absolute Gasteiger partial charge is 0.319 e. The molecule has 6 nitrogen and oxygen atoms in total. The summed E-state index contributed by atoms with van der Waals surface area (Å²) in [5.41, 5.74) is 2.22. The number of hydrogen-bond acceptors (Lipinski definition) is 3. The second-order valence-corrected chi connectivity index (χ2v) is 6.80. The summed E-state index contributed by atoms with van der Waals surface area (Å²) in [6, 6.07) is 11.8. The molecule has 7 heteroatoms. The van der Waals surface area contributed by atoms with E-state index in [9.17, 15) is 9.59 Å². The second kappa shape index (κ2) is 7.80. The minimum atomic E-state index is -0.471. The van der Waals surface area contributed by atoms with E-state index in [1.54, 1.807) is 32.2 Å². The molecule has 0 spiro atoms. The Morgan fingerprint density at radius 3 is 2.59 bits per heavy atom. The first kappa shape index (κ1) is 18.9. The standard InChI is InChI=1S/C20H21ClN4O2/c1-4-13-5-8-15(9-6-13)23-20(27)22-12(2)18-24-17-11-14(21)7-10-16(17)19(26)25(18)3/h5-12H,4H2,1-3H3,(H2,22,23,27). The number of hydrogen-bond donors (Lipinski definition) is 2. The van der Waals surface area contributed by atoms with E-state index in [0.29, 0.717) is 27.4 Å². The molecule has 2 N–H and O–H groups in total. The van der Waals surface area contributed by atoms with Gasteiger partial charge in [0.15, 0.2) is 0 Å². The van der Waals surface area contributed by atoms with Crippen LogP contribution in [0.25, 0.3) is 10.9 Å². The number of nitrogens with zero attached hydrogens (tertiary/aromatic N) is 2. The molecule has 0 aliphatic heterocycles. The van der Waals surface area contributed by atoms with Crippen molar-refractivity contribution in [3.8, 4) is 0 Å². The molecule has 2 aromatic carbocycles. The topological polar surface area (TPSA) is 76.0 Å². The average Bonchev–Trinajstić information content (AvgIpc) is 2.65. The summed E-state index contributed by atoms with van der Waals surface area (Å²) in [7, 11) is 1.64. The van der Waals surface area contributed by atoms with Crippen molar-refractivity contribution in [2.45, 2.75) is 26.3 Å². The van der Waals surface area contributed by atoms with Crippen molar-refractivity contribution in [1.29, 1.82) is 0 Å². The van der Waals surface area contributed by atoms with Gasteiger partial charge < -0.3 is 10.6 Å². The third kappa shape index (κ3) is 4.11. The normalized spacial score (nSPS) is 12.0. The van der Waals surface area contributed by atoms with Crippen LogP contribution in [0.1, 0.15) is 31.3 Å². The zero-order chi connectivity index (χ0) is 19.6. The number of halogens is 1. The van der Waals surface area contributed by atoms with Crippen molar-refractivity contribution >= 4 is 34.2 Å². The maximum atomic E-state index is 12.6. The van der Waals surface area contributed by atoms with Gasteiger partial charge in [0.2, 0.25) is 0 Å². The summed E-state index contributed by atoms with van der Waals surface area (Å²) in [5.74, 6) is 0.450. The maximum Gasteiger partial charge on any atom is 0.319 e. The summed E-state index contributed by atoms with van der Waals surface area (Å²) in [6.45, 7) is 3.85. The van der Waals surface area contributed by atoms with Crippen LogP contribution in [0.3, 0.4) is 0 Å². The summed E-state index contributed by atoms with van der Waals surface area (Å²) < 4.78 is 1.44. The number of carbonyl (C=O) groups excluding carboxylic acids is 1. The van der Waals surface area contributed by atoms with Crippen LogP contribution in [0.15, 0.2) is 47.3 Å². The zero-order valence-electron chi connectivity index (χ0n) is 15.4. The van der Waals surface area contributed by atoms with Gasteiger partial charge in [-0.25, -0.2) is 9.78 Å². The Hall–Kier alpha value is -2.86. The molecule has 0 aliphatic rings. The van der Waals surface area contributed by atoms with Crippen LogP contribution in [0.2, 0.25) is 5.02 Å². The number of fused-ring (bicyclic) bond motifs is 1. The quantitative estimate of drug-likeness (QED) is 0.713. The Labute approximate surface area is 162 Å². The lowest BCUT2D eigenvalue weighted by Gasteiger charge is -2.17. The number of nitrogens with one attached hydrogen (secondary N) is 2. The van der Waals surface area contributed by atoms with E-state index in [4.69, 9.17) is 11.6 Å². The minimum absolute atomic E-state index is 0.184. The van der Waals surface area contributed by atoms with E-state index < -0.39 is 6.04 Å². The molecule has 0 fully saturated rings. The summed E-state index contributed by atoms with van der Waals surface area (Å²) in [4.78, 5) is 29.4. The highest BCUT2D eigenvalue weighted by Gasteiger charge is 2.17. The third-order valence-electron chi connectivity index (χ3n) is 4.43. The average molecular weight is 385 g/mol. The summed E-state index contributed by atoms with van der Waals surface area (Å²) >= 11 is 6.01. The van der Waals surface area contributed by atoms with Crippen molar-refractivity contribution in [2.75, 3.05) is 5.32 Å². The van der Waals surface area contributed by atoms with E-state index in [2.05, 4.69) is 22.5 Å². The molecule has 0 aliphatic carbocycles. The van der Waals surface area contributed by atoms with E-state index >= 15 is 0 Å². The van der Waals surface area contributed by atoms with Gasteiger partial charge in [0.25, 0.3) is 5.56 Å². The highest BCUT2D eigenvalue weighted by molar-refractivity contribution is 6.31. The molecule has 3 aromatic rings. The molecule has 1 unspecified atom stereocenters. The van der Waals surface area contributed by atoms with E-state index in [-0.39, 0.29) is 11.6 Å². The number of aromatic nitrogens is 2. The molecule has 1 heterocycles.